The van der Waals surface area contributed by atoms with Crippen molar-refractivity contribution in [2.24, 2.45) is 5.73 Å². The van der Waals surface area contributed by atoms with E-state index in [1.165, 1.54) is 0 Å². The maximum atomic E-state index is 13.0. The SMILES string of the molecule is COCC(=O)N1CCc2[nH]cnc2C12CCN(C(=O)[C@@H]1C[C@H](N)CN1C)CC2. The summed E-state index contributed by atoms with van der Waals surface area (Å²) in [6.45, 7) is 2.69. The highest BCUT2D eigenvalue weighted by atomic mass is 16.5. The number of hydrogen-bond donors (Lipinski definition) is 2. The van der Waals surface area contributed by atoms with Crippen molar-refractivity contribution in [3.63, 3.8) is 0 Å². The summed E-state index contributed by atoms with van der Waals surface area (Å²) in [5, 5.41) is 0. The number of carbonyl (C=O) groups is 2. The number of likely N-dealkylation sites (tertiary alicyclic amines) is 2. The highest BCUT2D eigenvalue weighted by Crippen LogP contribution is 2.42. The third kappa shape index (κ3) is 3.11. The van der Waals surface area contributed by atoms with Crippen LogP contribution in [0, 0.1) is 0 Å². The lowest BCUT2D eigenvalue weighted by Crippen LogP contribution is -2.60. The molecule has 154 valence electrons. The lowest BCUT2D eigenvalue weighted by Gasteiger charge is -2.50. The first-order valence-corrected chi connectivity index (χ1v) is 10.0. The van der Waals surface area contributed by atoms with Crippen molar-refractivity contribution in [1.82, 2.24) is 24.7 Å². The number of fused-ring (bicyclic) bond motifs is 2. The van der Waals surface area contributed by atoms with Gasteiger partial charge in [-0.3, -0.25) is 14.5 Å². The van der Waals surface area contributed by atoms with Gasteiger partial charge in [0.25, 0.3) is 0 Å². The molecule has 4 heterocycles. The van der Waals surface area contributed by atoms with E-state index in [1.807, 2.05) is 16.8 Å². The second-order valence-electron chi connectivity index (χ2n) is 8.27. The zero-order valence-electron chi connectivity index (χ0n) is 16.7. The monoisotopic (exact) mass is 390 g/mol. The quantitative estimate of drug-likeness (QED) is 0.706. The smallest absolute Gasteiger partial charge is 0.249 e. The van der Waals surface area contributed by atoms with Crippen LogP contribution in [0.2, 0.25) is 0 Å². The molecule has 9 nitrogen and oxygen atoms in total. The van der Waals surface area contributed by atoms with Crippen LogP contribution in [-0.4, -0.2) is 95.5 Å². The Kier molecular flexibility index (Phi) is 5.15. The zero-order chi connectivity index (χ0) is 19.9. The molecule has 0 bridgehead atoms. The van der Waals surface area contributed by atoms with E-state index in [1.54, 1.807) is 13.4 Å². The number of aromatic amines is 1. The molecule has 1 aromatic heterocycles. The summed E-state index contributed by atoms with van der Waals surface area (Å²) in [5.74, 6) is 0.135. The number of likely N-dealkylation sites (N-methyl/N-ethyl adjacent to an activating group) is 1. The summed E-state index contributed by atoms with van der Waals surface area (Å²) in [7, 11) is 3.50. The van der Waals surface area contributed by atoms with Crippen molar-refractivity contribution < 1.29 is 14.3 Å². The molecule has 0 unspecified atom stereocenters. The number of aromatic nitrogens is 2. The van der Waals surface area contributed by atoms with Crippen molar-refractivity contribution in [3.8, 4) is 0 Å². The largest absolute Gasteiger partial charge is 0.375 e. The fourth-order valence-electron chi connectivity index (χ4n) is 5.19. The molecule has 3 N–H and O–H groups in total. The molecule has 1 spiro atoms. The Bertz CT molecular complexity index is 742. The van der Waals surface area contributed by atoms with Crippen LogP contribution in [0.5, 0.6) is 0 Å². The summed E-state index contributed by atoms with van der Waals surface area (Å²) in [4.78, 5) is 39.5. The van der Waals surface area contributed by atoms with Gasteiger partial charge in [-0.2, -0.15) is 0 Å². The zero-order valence-corrected chi connectivity index (χ0v) is 16.7. The van der Waals surface area contributed by atoms with Gasteiger partial charge in [-0.15, -0.1) is 0 Å². The van der Waals surface area contributed by atoms with E-state index in [-0.39, 0.29) is 30.5 Å². The van der Waals surface area contributed by atoms with Gasteiger partial charge in [-0.1, -0.05) is 0 Å². The summed E-state index contributed by atoms with van der Waals surface area (Å²) < 4.78 is 5.11. The number of nitrogens with one attached hydrogen (secondary N) is 1. The van der Waals surface area contributed by atoms with Crippen molar-refractivity contribution in [2.75, 3.05) is 46.9 Å². The van der Waals surface area contributed by atoms with E-state index < -0.39 is 5.54 Å². The lowest BCUT2D eigenvalue weighted by molar-refractivity contribution is -0.148. The Hall–Kier alpha value is -1.97. The fraction of sp³-hybridized carbons (Fsp3) is 0.737. The van der Waals surface area contributed by atoms with E-state index >= 15 is 0 Å². The summed E-state index contributed by atoms with van der Waals surface area (Å²) in [6, 6.07) is -0.0789. The minimum Gasteiger partial charge on any atom is -0.375 e. The molecule has 2 amide bonds. The number of imidazole rings is 1. The Morgan fingerprint density at radius 2 is 2.11 bits per heavy atom. The van der Waals surface area contributed by atoms with Crippen LogP contribution in [0.1, 0.15) is 30.7 Å². The van der Waals surface area contributed by atoms with Crippen molar-refractivity contribution in [1.29, 1.82) is 0 Å². The maximum Gasteiger partial charge on any atom is 0.249 e. The highest BCUT2D eigenvalue weighted by molar-refractivity contribution is 5.83. The fourth-order valence-corrected chi connectivity index (χ4v) is 5.19. The van der Waals surface area contributed by atoms with Gasteiger partial charge in [0.05, 0.1) is 23.6 Å². The molecule has 0 aromatic carbocycles. The normalized spacial score (nSPS) is 27.2. The molecule has 0 aliphatic carbocycles. The van der Waals surface area contributed by atoms with Crippen LogP contribution in [0.15, 0.2) is 6.33 Å². The topological polar surface area (TPSA) is 108 Å². The number of nitrogens with zero attached hydrogens (tertiary/aromatic N) is 4. The van der Waals surface area contributed by atoms with Crippen LogP contribution >= 0.6 is 0 Å². The third-order valence-corrected chi connectivity index (χ3v) is 6.60. The minimum atomic E-state index is -0.460. The molecule has 0 radical (unpaired) electrons. The van der Waals surface area contributed by atoms with Crippen molar-refractivity contribution in [3.05, 3.63) is 17.7 Å². The van der Waals surface area contributed by atoms with E-state index in [2.05, 4.69) is 14.9 Å². The Labute approximate surface area is 165 Å². The number of rotatable bonds is 3. The summed E-state index contributed by atoms with van der Waals surface area (Å²) in [6.07, 6.45) is 4.56. The first kappa shape index (κ1) is 19.4. The Morgan fingerprint density at radius 1 is 1.36 bits per heavy atom. The number of H-pyrrole nitrogens is 1. The average Bonchev–Trinajstić information content (AvgIpc) is 3.29. The van der Waals surface area contributed by atoms with Crippen LogP contribution in [0.25, 0.3) is 0 Å². The average molecular weight is 390 g/mol. The molecule has 1 aromatic rings. The van der Waals surface area contributed by atoms with Gasteiger partial charge in [-0.25, -0.2) is 4.98 Å². The third-order valence-electron chi connectivity index (χ3n) is 6.60. The summed E-state index contributed by atoms with van der Waals surface area (Å²) in [5.41, 5.74) is 7.63. The molecular weight excluding hydrogens is 360 g/mol. The van der Waals surface area contributed by atoms with Gasteiger partial charge >= 0.3 is 0 Å². The molecule has 3 aliphatic heterocycles. The van der Waals surface area contributed by atoms with Gasteiger partial charge in [-0.05, 0) is 26.3 Å². The molecular formula is C19H30N6O3. The molecule has 2 fully saturated rings. The lowest BCUT2D eigenvalue weighted by atomic mass is 9.78. The number of carbonyl (C=O) groups excluding carboxylic acids is 2. The minimum absolute atomic E-state index is 0.0163. The highest BCUT2D eigenvalue weighted by Gasteiger charge is 2.49. The van der Waals surface area contributed by atoms with Crippen LogP contribution in [0.4, 0.5) is 0 Å². The predicted octanol–water partition coefficient (Wildman–Crippen LogP) is -0.710. The number of hydrogen-bond acceptors (Lipinski definition) is 6. The Balaban J connectivity index is 1.53. The number of ether oxygens (including phenoxy) is 1. The molecule has 4 rings (SSSR count). The number of amides is 2. The molecule has 2 atom stereocenters. The first-order chi connectivity index (χ1) is 13.5. The van der Waals surface area contributed by atoms with Crippen molar-refractivity contribution >= 4 is 11.8 Å². The maximum absolute atomic E-state index is 13.0. The molecule has 3 aliphatic rings. The summed E-state index contributed by atoms with van der Waals surface area (Å²) >= 11 is 0. The Morgan fingerprint density at radius 3 is 2.75 bits per heavy atom. The van der Waals surface area contributed by atoms with Crippen LogP contribution in [-0.2, 0) is 26.3 Å². The van der Waals surface area contributed by atoms with Gasteiger partial charge in [0.1, 0.15) is 6.61 Å². The van der Waals surface area contributed by atoms with Gasteiger partial charge < -0.3 is 25.3 Å². The second kappa shape index (κ2) is 7.46. The molecule has 0 saturated carbocycles. The number of methoxy groups -OCH3 is 1. The second-order valence-corrected chi connectivity index (χ2v) is 8.27. The van der Waals surface area contributed by atoms with Gasteiger partial charge in [0.15, 0.2) is 0 Å². The van der Waals surface area contributed by atoms with Gasteiger partial charge in [0.2, 0.25) is 11.8 Å². The van der Waals surface area contributed by atoms with E-state index in [0.29, 0.717) is 38.9 Å². The molecule has 2 saturated heterocycles. The van der Waals surface area contributed by atoms with Crippen molar-refractivity contribution in [2.45, 2.75) is 43.3 Å². The predicted molar refractivity (Wildman–Crippen MR) is 102 cm³/mol. The molecule has 9 heteroatoms. The van der Waals surface area contributed by atoms with E-state index in [9.17, 15) is 9.59 Å². The standard InChI is InChI=1S/C19H30N6O3/c1-23-10-13(20)9-15(23)18(27)24-7-4-19(5-8-24)17-14(21-12-22-17)3-6-25(19)16(26)11-28-2/h12-13,15H,3-11,20H2,1-2H3,(H,21,22)/t13-,15-/m0/s1. The van der Waals surface area contributed by atoms with Crippen LogP contribution < -0.4 is 5.73 Å². The van der Waals surface area contributed by atoms with Crippen LogP contribution in [0.3, 0.4) is 0 Å². The van der Waals surface area contributed by atoms with E-state index in [0.717, 1.165) is 24.4 Å². The number of piperidine rings is 1. The van der Waals surface area contributed by atoms with E-state index in [4.69, 9.17) is 10.5 Å². The molecule has 28 heavy (non-hydrogen) atoms. The number of nitrogens with two attached hydrogens (primary N) is 1. The first-order valence-electron chi connectivity index (χ1n) is 10.0. The van der Waals surface area contributed by atoms with Gasteiger partial charge in [0, 0.05) is 51.4 Å².